The summed E-state index contributed by atoms with van der Waals surface area (Å²) in [6.07, 6.45) is 0. The van der Waals surface area contributed by atoms with Crippen LogP contribution in [-0.2, 0) is 32.7 Å². The average molecular weight is 375 g/mol. The molecule has 0 fully saturated rings. The minimum absolute atomic E-state index is 0. The third-order valence-corrected chi connectivity index (χ3v) is 2.81. The summed E-state index contributed by atoms with van der Waals surface area (Å²) in [5.74, 6) is 0. The third kappa shape index (κ3) is 5.15. The Bertz CT molecular complexity index is 650. The van der Waals surface area contributed by atoms with Gasteiger partial charge in [0.15, 0.2) is 10.8 Å². The molecule has 0 bridgehead atoms. The summed E-state index contributed by atoms with van der Waals surface area (Å²) in [6.45, 7) is 1.76. The maximum atomic E-state index is 10.7. The number of nitro groups is 1. The van der Waals surface area contributed by atoms with Crippen molar-refractivity contribution < 1.29 is 37.6 Å². The van der Waals surface area contributed by atoms with E-state index in [4.69, 9.17) is 12.2 Å². The van der Waals surface area contributed by atoms with Crippen LogP contribution in [0.15, 0.2) is 42.5 Å². The molecule has 0 unspecified atom stereocenters. The zero-order valence-electron chi connectivity index (χ0n) is 11.3. The molecule has 105 valence electrons. The Morgan fingerprint density at radius 1 is 1.29 bits per heavy atom. The molecule has 2 rings (SSSR count). The van der Waals surface area contributed by atoms with Crippen LogP contribution in [0.5, 0.6) is 0 Å². The number of nitrogens with one attached hydrogen (secondary N) is 2. The van der Waals surface area contributed by atoms with Gasteiger partial charge in [-0.1, -0.05) is 42.9 Å². The normalized spacial score (nSPS) is 9.38. The van der Waals surface area contributed by atoms with Gasteiger partial charge in [0.1, 0.15) is 0 Å². The predicted molar refractivity (Wildman–Crippen MR) is 83.0 cm³/mol. The molecule has 0 aliphatic heterocycles. The van der Waals surface area contributed by atoms with Gasteiger partial charge < -0.3 is 10.6 Å². The fourth-order valence-corrected chi connectivity index (χ4v) is 1.85. The van der Waals surface area contributed by atoms with Gasteiger partial charge >= 0.3 is 0 Å². The van der Waals surface area contributed by atoms with Crippen molar-refractivity contribution in [3.05, 3.63) is 64.2 Å². The third-order valence-electron chi connectivity index (χ3n) is 2.60. The molecule has 0 aliphatic rings. The second kappa shape index (κ2) is 8.17. The number of para-hydroxylation sites is 1. The first-order valence-corrected chi connectivity index (χ1v) is 6.27. The fraction of sp³-hybridized carbons (Fsp3) is 0.0714. The molecule has 0 spiro atoms. The van der Waals surface area contributed by atoms with Crippen molar-refractivity contribution in [1.82, 2.24) is 0 Å². The average Bonchev–Trinajstić information content (AvgIpc) is 2.42. The van der Waals surface area contributed by atoms with Gasteiger partial charge in [0.05, 0.1) is 0 Å². The minimum Gasteiger partial charge on any atom is -0.356 e. The van der Waals surface area contributed by atoms with Crippen molar-refractivity contribution in [2.75, 3.05) is 10.6 Å². The number of nitrogens with zero attached hydrogens (tertiary/aromatic N) is 1. The van der Waals surface area contributed by atoms with E-state index < -0.39 is 4.92 Å². The van der Waals surface area contributed by atoms with Gasteiger partial charge in [0, 0.05) is 43.3 Å². The molecule has 2 aromatic carbocycles. The Kier molecular flexibility index (Phi) is 6.88. The van der Waals surface area contributed by atoms with Gasteiger partial charge in [-0.05, 0) is 24.4 Å². The molecule has 0 heterocycles. The first-order valence-electron chi connectivity index (χ1n) is 5.86. The molecule has 2 aromatic rings. The van der Waals surface area contributed by atoms with Crippen molar-refractivity contribution >= 4 is 34.4 Å². The van der Waals surface area contributed by atoms with Crippen LogP contribution in [-0.4, -0.2) is 10.0 Å². The number of rotatable bonds is 3. The zero-order chi connectivity index (χ0) is 14.5. The maximum Gasteiger partial charge on any atom is 0.173 e. The molecule has 1 radical (unpaired) electrons. The molecular formula is C14H12N3O2SY-. The Balaban J connectivity index is 0.00000220. The molecule has 0 aromatic heterocycles. The summed E-state index contributed by atoms with van der Waals surface area (Å²) >= 11 is 5.19. The second-order valence-corrected chi connectivity index (χ2v) is 4.53. The molecule has 0 amide bonds. The zero-order valence-corrected chi connectivity index (χ0v) is 14.9. The van der Waals surface area contributed by atoms with Crippen LogP contribution in [0.2, 0.25) is 0 Å². The smallest absolute Gasteiger partial charge is 0.173 e. The number of thiocarbonyl (C=S) groups is 1. The maximum absolute atomic E-state index is 10.7. The van der Waals surface area contributed by atoms with Crippen molar-refractivity contribution in [3.63, 3.8) is 0 Å². The van der Waals surface area contributed by atoms with Gasteiger partial charge in [-0.2, -0.15) is 6.07 Å². The topological polar surface area (TPSA) is 67.2 Å². The number of hydrogen-bond donors (Lipinski definition) is 2. The predicted octanol–water partition coefficient (Wildman–Crippen LogP) is 3.51. The quantitative estimate of drug-likeness (QED) is 0.372. The van der Waals surface area contributed by atoms with E-state index in [-0.39, 0.29) is 38.4 Å². The Morgan fingerprint density at radius 2 is 1.95 bits per heavy atom. The number of benzene rings is 2. The first kappa shape index (κ1) is 17.7. The Morgan fingerprint density at radius 3 is 2.52 bits per heavy atom. The van der Waals surface area contributed by atoms with Crippen LogP contribution in [0.4, 0.5) is 17.1 Å². The summed E-state index contributed by atoms with van der Waals surface area (Å²) in [5, 5.41) is 17.1. The summed E-state index contributed by atoms with van der Waals surface area (Å²) < 4.78 is 0. The van der Waals surface area contributed by atoms with E-state index in [0.29, 0.717) is 16.4 Å². The summed E-state index contributed by atoms with van der Waals surface area (Å²) in [5.41, 5.74) is 2.19. The molecule has 21 heavy (non-hydrogen) atoms. The van der Waals surface area contributed by atoms with Gasteiger partial charge in [-0.25, -0.2) is 0 Å². The molecule has 0 aliphatic carbocycles. The van der Waals surface area contributed by atoms with Crippen molar-refractivity contribution in [1.29, 1.82) is 0 Å². The van der Waals surface area contributed by atoms with E-state index in [2.05, 4.69) is 16.7 Å². The summed E-state index contributed by atoms with van der Waals surface area (Å²) in [4.78, 5) is 10.2. The molecule has 0 atom stereocenters. The number of nitro benzene ring substituents is 1. The van der Waals surface area contributed by atoms with E-state index in [1.807, 2.05) is 30.3 Å². The van der Waals surface area contributed by atoms with Crippen LogP contribution in [0.3, 0.4) is 0 Å². The van der Waals surface area contributed by atoms with Gasteiger partial charge in [-0.3, -0.25) is 10.1 Å². The number of hydrogen-bond acceptors (Lipinski definition) is 3. The molecule has 5 nitrogen and oxygen atoms in total. The monoisotopic (exact) mass is 375 g/mol. The molecule has 2 N–H and O–H groups in total. The minimum atomic E-state index is -0.451. The Labute approximate surface area is 153 Å². The first-order chi connectivity index (χ1) is 9.56. The van der Waals surface area contributed by atoms with Crippen LogP contribution >= 0.6 is 12.2 Å². The standard InChI is InChI=1S/C14H12N3O2S.Y/c1-10-9-12(17(18)19)7-8-13(10)16-14(20)15-11-5-3-2-4-6-11;/h2-7,9H,1H3,(H2,15,16,20);/q-1;. The van der Waals surface area contributed by atoms with Crippen LogP contribution in [0.25, 0.3) is 0 Å². The van der Waals surface area contributed by atoms with Gasteiger partial charge in [0.25, 0.3) is 0 Å². The fourth-order valence-electron chi connectivity index (χ4n) is 1.63. The second-order valence-electron chi connectivity index (χ2n) is 4.12. The molecule has 7 heteroatoms. The number of anilines is 2. The SMILES string of the molecule is Cc1cc([N+](=O)[O-])c[c-]c1NC(=S)Nc1ccccc1.[Y]. The molecular weight excluding hydrogens is 363 g/mol. The van der Waals surface area contributed by atoms with Crippen LogP contribution in [0, 0.1) is 23.1 Å². The van der Waals surface area contributed by atoms with Crippen molar-refractivity contribution in [2.45, 2.75) is 6.92 Å². The van der Waals surface area contributed by atoms with Crippen LogP contribution in [0.1, 0.15) is 5.56 Å². The molecule has 0 saturated carbocycles. The summed E-state index contributed by atoms with van der Waals surface area (Å²) in [6, 6.07) is 15.1. The van der Waals surface area contributed by atoms with Gasteiger partial charge in [-0.15, -0.1) is 5.56 Å². The largest absolute Gasteiger partial charge is 0.356 e. The van der Waals surface area contributed by atoms with E-state index in [9.17, 15) is 10.1 Å². The van der Waals surface area contributed by atoms with Crippen molar-refractivity contribution in [2.24, 2.45) is 0 Å². The van der Waals surface area contributed by atoms with Crippen molar-refractivity contribution in [3.8, 4) is 0 Å². The van der Waals surface area contributed by atoms with Crippen LogP contribution < -0.4 is 10.6 Å². The van der Waals surface area contributed by atoms with E-state index in [1.165, 1.54) is 12.1 Å². The van der Waals surface area contributed by atoms with E-state index in [0.717, 1.165) is 5.69 Å². The number of aryl methyl sites for hydroxylation is 1. The Hall–Kier alpha value is -1.37. The summed E-state index contributed by atoms with van der Waals surface area (Å²) in [7, 11) is 0. The van der Waals surface area contributed by atoms with E-state index >= 15 is 0 Å². The van der Waals surface area contributed by atoms with Gasteiger partial charge in [0.2, 0.25) is 0 Å². The number of non-ortho nitro benzene ring substituents is 1. The van der Waals surface area contributed by atoms with E-state index in [1.54, 1.807) is 6.92 Å². The molecule has 0 saturated heterocycles.